The number of anilines is 1. The van der Waals surface area contributed by atoms with Crippen molar-refractivity contribution in [3.8, 4) is 5.88 Å². The maximum Gasteiger partial charge on any atom is 0.245 e. The molecule has 2 aromatic heterocycles. The third kappa shape index (κ3) is 1.43. The van der Waals surface area contributed by atoms with Gasteiger partial charge in [-0.1, -0.05) is 0 Å². The van der Waals surface area contributed by atoms with Gasteiger partial charge in [-0.3, -0.25) is 4.57 Å². The van der Waals surface area contributed by atoms with E-state index in [0.717, 1.165) is 13.0 Å². The number of nitrogens with two attached hydrogens (primary N) is 1. The number of nitrogens with zero attached hydrogens (tertiary/aromatic N) is 4. The Balaban J connectivity index is 2.26. The van der Waals surface area contributed by atoms with Crippen LogP contribution in [0.2, 0.25) is 0 Å². The summed E-state index contributed by atoms with van der Waals surface area (Å²) >= 11 is 0. The van der Waals surface area contributed by atoms with E-state index in [1.54, 1.807) is 7.11 Å². The van der Waals surface area contributed by atoms with Gasteiger partial charge in [0.15, 0.2) is 11.2 Å². The zero-order valence-corrected chi connectivity index (χ0v) is 10.4. The second kappa shape index (κ2) is 3.81. The minimum atomic E-state index is -0.210. The molecule has 0 aromatic carbocycles. The van der Waals surface area contributed by atoms with Crippen molar-refractivity contribution >= 4 is 17.1 Å². The summed E-state index contributed by atoms with van der Waals surface area (Å²) < 4.78 is 12.6. The van der Waals surface area contributed by atoms with Crippen molar-refractivity contribution in [3.05, 3.63) is 6.33 Å². The van der Waals surface area contributed by atoms with Crippen LogP contribution in [0.4, 0.5) is 5.95 Å². The highest BCUT2D eigenvalue weighted by molar-refractivity contribution is 5.79. The maximum atomic E-state index is 6.01. The van der Waals surface area contributed by atoms with E-state index in [-0.39, 0.29) is 5.54 Å². The van der Waals surface area contributed by atoms with Gasteiger partial charge in [0.25, 0.3) is 0 Å². The largest absolute Gasteiger partial charge is 0.479 e. The molecule has 1 unspecified atom stereocenters. The lowest BCUT2D eigenvalue weighted by atomic mass is 10.0. The fourth-order valence-electron chi connectivity index (χ4n) is 2.40. The van der Waals surface area contributed by atoms with Crippen molar-refractivity contribution in [1.29, 1.82) is 0 Å². The molecule has 2 aromatic rings. The van der Waals surface area contributed by atoms with Crippen LogP contribution in [0.5, 0.6) is 5.88 Å². The lowest BCUT2D eigenvalue weighted by Gasteiger charge is -2.25. The smallest absolute Gasteiger partial charge is 0.245 e. The van der Waals surface area contributed by atoms with Gasteiger partial charge in [-0.2, -0.15) is 4.98 Å². The molecular weight excluding hydrogens is 234 g/mol. The van der Waals surface area contributed by atoms with Crippen LogP contribution in [-0.2, 0) is 10.3 Å². The highest BCUT2D eigenvalue weighted by Gasteiger charge is 2.35. The molecule has 18 heavy (non-hydrogen) atoms. The molecule has 7 nitrogen and oxygen atoms in total. The van der Waals surface area contributed by atoms with Crippen molar-refractivity contribution in [2.24, 2.45) is 0 Å². The molecule has 1 aliphatic rings. The lowest BCUT2D eigenvalue weighted by molar-refractivity contribution is 0.164. The number of methoxy groups -OCH3 is 1. The Morgan fingerprint density at radius 1 is 1.50 bits per heavy atom. The summed E-state index contributed by atoms with van der Waals surface area (Å²) in [6.45, 7) is 3.42. The Morgan fingerprint density at radius 3 is 3.00 bits per heavy atom. The van der Waals surface area contributed by atoms with Crippen molar-refractivity contribution in [1.82, 2.24) is 19.5 Å². The molecule has 0 radical (unpaired) electrons. The molecule has 0 spiro atoms. The van der Waals surface area contributed by atoms with Gasteiger partial charge in [-0.05, 0) is 13.3 Å². The standard InChI is InChI=1S/C11H15N5O2/c1-11(3-4-18-5-11)16-8-7(15-10(16)12)9(17-2)14-6-13-8/h6H,3-5H2,1-2H3,(H2,12,15). The number of ether oxygens (including phenoxy) is 2. The van der Waals surface area contributed by atoms with E-state index in [1.165, 1.54) is 6.33 Å². The Kier molecular flexibility index (Phi) is 2.37. The van der Waals surface area contributed by atoms with E-state index in [4.69, 9.17) is 15.2 Å². The fraction of sp³-hybridized carbons (Fsp3) is 0.545. The first-order valence-corrected chi connectivity index (χ1v) is 5.77. The monoisotopic (exact) mass is 249 g/mol. The van der Waals surface area contributed by atoms with Gasteiger partial charge >= 0.3 is 0 Å². The summed E-state index contributed by atoms with van der Waals surface area (Å²) in [6, 6.07) is 0. The number of nitrogen functional groups attached to an aromatic ring is 1. The molecular formula is C11H15N5O2. The van der Waals surface area contributed by atoms with Crippen LogP contribution in [0.25, 0.3) is 11.2 Å². The van der Waals surface area contributed by atoms with Gasteiger partial charge in [-0.25, -0.2) is 9.97 Å². The van der Waals surface area contributed by atoms with Crippen molar-refractivity contribution < 1.29 is 9.47 Å². The first kappa shape index (κ1) is 11.2. The number of imidazole rings is 1. The Labute approximate surface area is 104 Å². The lowest BCUT2D eigenvalue weighted by Crippen LogP contribution is -2.31. The topological polar surface area (TPSA) is 88.1 Å². The summed E-state index contributed by atoms with van der Waals surface area (Å²) in [5.74, 6) is 0.852. The van der Waals surface area contributed by atoms with Gasteiger partial charge in [0.1, 0.15) is 6.33 Å². The van der Waals surface area contributed by atoms with E-state index in [2.05, 4.69) is 21.9 Å². The van der Waals surface area contributed by atoms with Crippen LogP contribution in [-0.4, -0.2) is 39.8 Å². The number of hydrogen-bond acceptors (Lipinski definition) is 6. The molecule has 0 aliphatic carbocycles. The molecule has 0 saturated carbocycles. The zero-order chi connectivity index (χ0) is 12.8. The van der Waals surface area contributed by atoms with Crippen molar-refractivity contribution in [2.45, 2.75) is 18.9 Å². The SMILES string of the molecule is COc1ncnc2c1nc(N)n2C1(C)CCOC1. The van der Waals surface area contributed by atoms with Crippen LogP contribution in [0.15, 0.2) is 6.33 Å². The maximum absolute atomic E-state index is 6.01. The number of hydrogen-bond donors (Lipinski definition) is 1. The molecule has 2 N–H and O–H groups in total. The molecule has 1 fully saturated rings. The van der Waals surface area contributed by atoms with E-state index < -0.39 is 0 Å². The second-order valence-corrected chi connectivity index (χ2v) is 4.66. The first-order chi connectivity index (χ1) is 8.65. The predicted octanol–water partition coefficient (Wildman–Crippen LogP) is 0.553. The average Bonchev–Trinajstić information content (AvgIpc) is 2.92. The Hall–Kier alpha value is -1.89. The van der Waals surface area contributed by atoms with E-state index in [0.29, 0.717) is 29.6 Å². The van der Waals surface area contributed by atoms with Crippen LogP contribution in [0.3, 0.4) is 0 Å². The normalized spacial score (nSPS) is 23.7. The highest BCUT2D eigenvalue weighted by atomic mass is 16.5. The summed E-state index contributed by atoms with van der Waals surface area (Å²) in [5, 5.41) is 0. The molecule has 0 amide bonds. The summed E-state index contributed by atoms with van der Waals surface area (Å²) in [5.41, 5.74) is 7.08. The molecule has 96 valence electrons. The van der Waals surface area contributed by atoms with Crippen molar-refractivity contribution in [2.75, 3.05) is 26.1 Å². The van der Waals surface area contributed by atoms with E-state index in [1.807, 2.05) is 4.57 Å². The molecule has 0 bridgehead atoms. The van der Waals surface area contributed by atoms with Gasteiger partial charge in [-0.15, -0.1) is 0 Å². The van der Waals surface area contributed by atoms with Crippen LogP contribution in [0.1, 0.15) is 13.3 Å². The summed E-state index contributed by atoms with van der Waals surface area (Å²) in [6.07, 6.45) is 2.34. The minimum absolute atomic E-state index is 0.210. The molecule has 3 heterocycles. The average molecular weight is 249 g/mol. The van der Waals surface area contributed by atoms with Gasteiger partial charge in [0.2, 0.25) is 11.8 Å². The summed E-state index contributed by atoms with van der Waals surface area (Å²) in [7, 11) is 1.55. The number of fused-ring (bicyclic) bond motifs is 1. The summed E-state index contributed by atoms with van der Waals surface area (Å²) in [4.78, 5) is 12.6. The second-order valence-electron chi connectivity index (χ2n) is 4.66. The van der Waals surface area contributed by atoms with E-state index in [9.17, 15) is 0 Å². The third-order valence-electron chi connectivity index (χ3n) is 3.37. The van der Waals surface area contributed by atoms with Gasteiger partial charge in [0.05, 0.1) is 19.3 Å². The van der Waals surface area contributed by atoms with Gasteiger partial charge in [0, 0.05) is 6.61 Å². The molecule has 7 heteroatoms. The van der Waals surface area contributed by atoms with Crippen LogP contribution in [0, 0.1) is 0 Å². The Bertz CT molecular complexity index is 588. The first-order valence-electron chi connectivity index (χ1n) is 5.77. The number of aromatic nitrogens is 4. The molecule has 1 saturated heterocycles. The van der Waals surface area contributed by atoms with Crippen LogP contribution < -0.4 is 10.5 Å². The minimum Gasteiger partial charge on any atom is -0.479 e. The van der Waals surface area contributed by atoms with E-state index >= 15 is 0 Å². The third-order valence-corrected chi connectivity index (χ3v) is 3.37. The van der Waals surface area contributed by atoms with Crippen LogP contribution >= 0.6 is 0 Å². The molecule has 1 aliphatic heterocycles. The van der Waals surface area contributed by atoms with Gasteiger partial charge < -0.3 is 15.2 Å². The molecule has 1 atom stereocenters. The van der Waals surface area contributed by atoms with Crippen molar-refractivity contribution in [3.63, 3.8) is 0 Å². The fourth-order valence-corrected chi connectivity index (χ4v) is 2.40. The zero-order valence-electron chi connectivity index (χ0n) is 10.4. The quantitative estimate of drug-likeness (QED) is 0.836. The molecule has 3 rings (SSSR count). The highest BCUT2D eigenvalue weighted by Crippen LogP contribution is 2.34. The predicted molar refractivity (Wildman–Crippen MR) is 65.4 cm³/mol. The number of rotatable bonds is 2. The Morgan fingerprint density at radius 2 is 2.33 bits per heavy atom.